The third-order valence-corrected chi connectivity index (χ3v) is 3.46. The molecule has 18 heavy (non-hydrogen) atoms. The van der Waals surface area contributed by atoms with Crippen LogP contribution >= 0.6 is 27.5 Å². The molecule has 2 rings (SSSR count). The highest BCUT2D eigenvalue weighted by Crippen LogP contribution is 2.29. The number of hydrogen-bond acceptors (Lipinski definition) is 1. The molecule has 0 aliphatic rings. The predicted molar refractivity (Wildman–Crippen MR) is 71.5 cm³/mol. The molecule has 0 heterocycles. The van der Waals surface area contributed by atoms with Crippen LogP contribution in [0.3, 0.4) is 0 Å². The number of hydrogen-bond donors (Lipinski definition) is 1. The Kier molecular flexibility index (Phi) is 4.00. The zero-order valence-electron chi connectivity index (χ0n) is 9.13. The number of halogens is 4. The van der Waals surface area contributed by atoms with Crippen LogP contribution in [0.5, 0.6) is 0 Å². The van der Waals surface area contributed by atoms with Crippen molar-refractivity contribution in [3.05, 3.63) is 68.7 Å². The fourth-order valence-corrected chi connectivity index (χ4v) is 2.22. The smallest absolute Gasteiger partial charge is 0.142 e. The molecule has 0 aliphatic heterocycles. The van der Waals surface area contributed by atoms with Gasteiger partial charge < -0.3 is 5.73 Å². The van der Waals surface area contributed by atoms with E-state index in [1.54, 1.807) is 12.1 Å². The summed E-state index contributed by atoms with van der Waals surface area (Å²) in [4.78, 5) is 0. The molecule has 2 N–H and O–H groups in total. The molecule has 2 aromatic rings. The highest BCUT2D eigenvalue weighted by atomic mass is 79.9. The summed E-state index contributed by atoms with van der Waals surface area (Å²) in [7, 11) is 0. The van der Waals surface area contributed by atoms with Crippen molar-refractivity contribution in [3.63, 3.8) is 0 Å². The van der Waals surface area contributed by atoms with Gasteiger partial charge in [-0.15, -0.1) is 0 Å². The van der Waals surface area contributed by atoms with Gasteiger partial charge in [-0.3, -0.25) is 0 Å². The molecule has 0 spiro atoms. The van der Waals surface area contributed by atoms with E-state index >= 15 is 0 Å². The molecule has 0 aliphatic carbocycles. The van der Waals surface area contributed by atoms with Gasteiger partial charge in [-0.05, 0) is 34.1 Å². The van der Waals surface area contributed by atoms with Gasteiger partial charge in [0.2, 0.25) is 0 Å². The minimum atomic E-state index is -0.875. The highest BCUT2D eigenvalue weighted by molar-refractivity contribution is 9.10. The Hall–Kier alpha value is -0.970. The van der Waals surface area contributed by atoms with Gasteiger partial charge in [0.15, 0.2) is 0 Å². The largest absolute Gasteiger partial charge is 0.320 e. The Bertz CT molecular complexity index is 589. The minimum Gasteiger partial charge on any atom is -0.320 e. The van der Waals surface area contributed by atoms with Gasteiger partial charge in [-0.25, -0.2) is 8.78 Å². The average molecular weight is 333 g/mol. The second-order valence-corrected chi connectivity index (χ2v) is 5.08. The summed E-state index contributed by atoms with van der Waals surface area (Å²) in [5.41, 5.74) is 6.33. The molecule has 0 saturated heterocycles. The molecule has 0 bridgehead atoms. The van der Waals surface area contributed by atoms with Crippen LogP contribution in [0.15, 0.2) is 40.9 Å². The normalized spacial score (nSPS) is 12.5. The maximum absolute atomic E-state index is 13.9. The lowest BCUT2D eigenvalue weighted by Gasteiger charge is -2.15. The Morgan fingerprint density at radius 2 is 1.83 bits per heavy atom. The standard InChI is InChI=1S/C13H9BrClF2N/c14-10-3-1-2-9(12(10)17)13(18)8-5-4-7(15)6-11(8)16/h1-6,13H,18H2. The maximum Gasteiger partial charge on any atom is 0.142 e. The van der Waals surface area contributed by atoms with Crippen molar-refractivity contribution in [3.8, 4) is 0 Å². The van der Waals surface area contributed by atoms with Gasteiger partial charge in [0.1, 0.15) is 11.6 Å². The SMILES string of the molecule is NC(c1ccc(Cl)cc1F)c1cccc(Br)c1F. The number of nitrogens with two attached hydrogens (primary N) is 1. The van der Waals surface area contributed by atoms with E-state index in [2.05, 4.69) is 15.9 Å². The van der Waals surface area contributed by atoms with Crippen LogP contribution < -0.4 is 5.73 Å². The molecule has 1 nitrogen and oxygen atoms in total. The minimum absolute atomic E-state index is 0.205. The van der Waals surface area contributed by atoms with Crippen molar-refractivity contribution in [2.24, 2.45) is 5.73 Å². The Labute approximate surface area is 117 Å². The van der Waals surface area contributed by atoms with E-state index < -0.39 is 17.7 Å². The topological polar surface area (TPSA) is 26.0 Å². The molecule has 0 radical (unpaired) electrons. The quantitative estimate of drug-likeness (QED) is 0.865. The summed E-state index contributed by atoms with van der Waals surface area (Å²) < 4.78 is 27.9. The zero-order chi connectivity index (χ0) is 13.3. The number of rotatable bonds is 2. The van der Waals surface area contributed by atoms with Crippen LogP contribution in [0.4, 0.5) is 8.78 Å². The molecule has 1 atom stereocenters. The Morgan fingerprint density at radius 1 is 1.11 bits per heavy atom. The van der Waals surface area contributed by atoms with E-state index in [0.29, 0.717) is 4.47 Å². The van der Waals surface area contributed by atoms with E-state index in [1.807, 2.05) is 0 Å². The van der Waals surface area contributed by atoms with Crippen LogP contribution in [0.25, 0.3) is 0 Å². The summed E-state index contributed by atoms with van der Waals surface area (Å²) in [6, 6.07) is 8.00. The molecular weight excluding hydrogens is 324 g/mol. The molecule has 5 heteroatoms. The van der Waals surface area contributed by atoms with Crippen molar-refractivity contribution in [2.45, 2.75) is 6.04 Å². The van der Waals surface area contributed by atoms with Crippen molar-refractivity contribution in [1.82, 2.24) is 0 Å². The maximum atomic E-state index is 13.9. The Balaban J connectivity index is 2.48. The van der Waals surface area contributed by atoms with E-state index in [9.17, 15) is 8.78 Å². The first-order valence-electron chi connectivity index (χ1n) is 5.15. The molecule has 0 aromatic heterocycles. The van der Waals surface area contributed by atoms with E-state index in [-0.39, 0.29) is 16.1 Å². The van der Waals surface area contributed by atoms with Crippen molar-refractivity contribution >= 4 is 27.5 Å². The summed E-state index contributed by atoms with van der Waals surface area (Å²) in [6.07, 6.45) is 0. The molecular formula is C13H9BrClF2N. The molecule has 2 aromatic carbocycles. The first kappa shape index (κ1) is 13.5. The van der Waals surface area contributed by atoms with Gasteiger partial charge in [-0.1, -0.05) is 29.8 Å². The molecule has 0 saturated carbocycles. The first-order chi connectivity index (χ1) is 8.50. The molecule has 94 valence electrons. The van der Waals surface area contributed by atoms with Crippen molar-refractivity contribution in [1.29, 1.82) is 0 Å². The average Bonchev–Trinajstić information content (AvgIpc) is 2.32. The van der Waals surface area contributed by atoms with Crippen LogP contribution in [-0.4, -0.2) is 0 Å². The summed E-state index contributed by atoms with van der Waals surface area (Å²) >= 11 is 8.73. The third-order valence-electron chi connectivity index (χ3n) is 2.61. The van der Waals surface area contributed by atoms with E-state index in [0.717, 1.165) is 6.07 Å². The first-order valence-corrected chi connectivity index (χ1v) is 6.32. The van der Waals surface area contributed by atoms with Crippen LogP contribution in [0.2, 0.25) is 5.02 Å². The van der Waals surface area contributed by atoms with Gasteiger partial charge >= 0.3 is 0 Å². The Morgan fingerprint density at radius 3 is 2.50 bits per heavy atom. The fourth-order valence-electron chi connectivity index (χ4n) is 1.68. The van der Waals surface area contributed by atoms with Gasteiger partial charge in [-0.2, -0.15) is 0 Å². The lowest BCUT2D eigenvalue weighted by atomic mass is 9.99. The molecule has 1 unspecified atom stereocenters. The fraction of sp³-hybridized carbons (Fsp3) is 0.0769. The predicted octanol–water partition coefficient (Wildman–Crippen LogP) is 4.43. The molecule has 0 amide bonds. The third kappa shape index (κ3) is 2.55. The lowest BCUT2D eigenvalue weighted by molar-refractivity contribution is 0.572. The van der Waals surface area contributed by atoms with Gasteiger partial charge in [0.25, 0.3) is 0 Å². The van der Waals surface area contributed by atoms with Crippen LogP contribution in [0, 0.1) is 11.6 Å². The molecule has 0 fully saturated rings. The van der Waals surface area contributed by atoms with Crippen LogP contribution in [-0.2, 0) is 0 Å². The van der Waals surface area contributed by atoms with Crippen molar-refractivity contribution < 1.29 is 8.78 Å². The summed E-state index contributed by atoms with van der Waals surface area (Å²) in [6.45, 7) is 0. The highest BCUT2D eigenvalue weighted by Gasteiger charge is 2.18. The lowest BCUT2D eigenvalue weighted by Crippen LogP contribution is -2.15. The monoisotopic (exact) mass is 331 g/mol. The zero-order valence-corrected chi connectivity index (χ0v) is 11.5. The van der Waals surface area contributed by atoms with E-state index in [4.69, 9.17) is 17.3 Å². The second-order valence-electron chi connectivity index (χ2n) is 3.79. The van der Waals surface area contributed by atoms with Crippen LogP contribution in [0.1, 0.15) is 17.2 Å². The second kappa shape index (κ2) is 5.34. The summed E-state index contributed by atoms with van der Waals surface area (Å²) in [5.74, 6) is -1.03. The van der Waals surface area contributed by atoms with Gasteiger partial charge in [0.05, 0.1) is 10.5 Å². The van der Waals surface area contributed by atoms with E-state index in [1.165, 1.54) is 18.2 Å². The summed E-state index contributed by atoms with van der Waals surface area (Å²) in [5, 5.41) is 0.276. The van der Waals surface area contributed by atoms with Crippen molar-refractivity contribution in [2.75, 3.05) is 0 Å². The number of benzene rings is 2. The van der Waals surface area contributed by atoms with Gasteiger partial charge in [0, 0.05) is 16.1 Å².